The summed E-state index contributed by atoms with van der Waals surface area (Å²) < 4.78 is 32.0. The van der Waals surface area contributed by atoms with Gasteiger partial charge in [-0.15, -0.1) is 0 Å². The van der Waals surface area contributed by atoms with E-state index in [9.17, 15) is 13.2 Å². The highest BCUT2D eigenvalue weighted by Crippen LogP contribution is 2.25. The molecule has 2 aromatic carbocycles. The summed E-state index contributed by atoms with van der Waals surface area (Å²) in [5, 5.41) is 4.30. The number of halogens is 2. The molecular formula is C16H10BrClN2O4S. The fraction of sp³-hybridized carbons (Fsp3) is 0. The zero-order valence-corrected chi connectivity index (χ0v) is 15.6. The Hall–Kier alpha value is -2.16. The van der Waals surface area contributed by atoms with Gasteiger partial charge in [0.15, 0.2) is 0 Å². The molecule has 25 heavy (non-hydrogen) atoms. The zero-order valence-electron chi connectivity index (χ0n) is 12.4. The van der Waals surface area contributed by atoms with Crippen LogP contribution in [0.15, 0.2) is 68.7 Å². The minimum atomic E-state index is -4.06. The lowest BCUT2D eigenvalue weighted by atomic mass is 10.1. The summed E-state index contributed by atoms with van der Waals surface area (Å²) >= 11 is 8.99. The zero-order chi connectivity index (χ0) is 18.0. The molecule has 0 fully saturated rings. The maximum Gasteiger partial charge on any atom is 0.270 e. The van der Waals surface area contributed by atoms with E-state index in [0.717, 1.165) is 6.26 Å². The van der Waals surface area contributed by atoms with Gasteiger partial charge >= 0.3 is 0 Å². The average molecular weight is 442 g/mol. The van der Waals surface area contributed by atoms with Crippen LogP contribution in [0.25, 0.3) is 11.3 Å². The Balaban J connectivity index is 1.92. The van der Waals surface area contributed by atoms with Gasteiger partial charge in [-0.1, -0.05) is 41.0 Å². The van der Waals surface area contributed by atoms with Crippen LogP contribution in [0.5, 0.6) is 0 Å². The quantitative estimate of drug-likeness (QED) is 0.664. The number of carbonyl (C=O) groups is 1. The molecule has 3 aromatic rings. The molecule has 0 radical (unpaired) electrons. The molecule has 6 nitrogen and oxygen atoms in total. The van der Waals surface area contributed by atoms with Gasteiger partial charge in [0.25, 0.3) is 15.9 Å². The van der Waals surface area contributed by atoms with E-state index in [1.54, 1.807) is 42.5 Å². The molecule has 0 unspecified atom stereocenters. The number of amides is 1. The fourth-order valence-corrected chi connectivity index (χ4v) is 4.20. The van der Waals surface area contributed by atoms with Gasteiger partial charge in [0.1, 0.15) is 22.4 Å². The molecule has 0 saturated carbocycles. The number of aromatic nitrogens is 1. The molecule has 3 rings (SSSR count). The normalized spacial score (nSPS) is 11.3. The van der Waals surface area contributed by atoms with Gasteiger partial charge in [-0.3, -0.25) is 4.79 Å². The number of nitrogens with one attached hydrogen (secondary N) is 1. The first-order valence-corrected chi connectivity index (χ1v) is 9.56. The van der Waals surface area contributed by atoms with Gasteiger partial charge < -0.3 is 4.52 Å². The Morgan fingerprint density at radius 3 is 2.48 bits per heavy atom. The number of sulfonamides is 1. The summed E-state index contributed by atoms with van der Waals surface area (Å²) in [6.45, 7) is 0. The molecule has 1 amide bonds. The van der Waals surface area contributed by atoms with Gasteiger partial charge in [-0.25, -0.2) is 13.1 Å². The van der Waals surface area contributed by atoms with Crippen LogP contribution >= 0.6 is 27.5 Å². The van der Waals surface area contributed by atoms with E-state index >= 15 is 0 Å². The lowest BCUT2D eigenvalue weighted by Crippen LogP contribution is -2.30. The van der Waals surface area contributed by atoms with Crippen molar-refractivity contribution >= 4 is 43.5 Å². The van der Waals surface area contributed by atoms with Crippen molar-refractivity contribution in [1.82, 2.24) is 9.88 Å². The number of hydrogen-bond acceptors (Lipinski definition) is 5. The van der Waals surface area contributed by atoms with Crippen molar-refractivity contribution in [1.29, 1.82) is 0 Å². The molecule has 0 spiro atoms. The first kappa shape index (κ1) is 17.7. The van der Waals surface area contributed by atoms with Crippen LogP contribution in [0.2, 0.25) is 5.02 Å². The molecule has 128 valence electrons. The summed E-state index contributed by atoms with van der Waals surface area (Å²) in [5.41, 5.74) is 0.788. The number of nitrogens with zero attached hydrogens (tertiary/aromatic N) is 1. The highest BCUT2D eigenvalue weighted by molar-refractivity contribution is 9.10. The van der Waals surface area contributed by atoms with E-state index in [-0.39, 0.29) is 16.2 Å². The second-order valence-corrected chi connectivity index (χ2v) is 7.89. The number of rotatable bonds is 4. The maximum absolute atomic E-state index is 12.4. The predicted molar refractivity (Wildman–Crippen MR) is 95.7 cm³/mol. The Kier molecular flexibility index (Phi) is 4.94. The number of hydrogen-bond donors (Lipinski definition) is 1. The van der Waals surface area contributed by atoms with Gasteiger partial charge in [0, 0.05) is 15.1 Å². The summed E-state index contributed by atoms with van der Waals surface area (Å²) in [4.78, 5) is 12.4. The monoisotopic (exact) mass is 440 g/mol. The molecule has 0 aliphatic heterocycles. The first-order chi connectivity index (χ1) is 11.9. The van der Waals surface area contributed by atoms with Crippen molar-refractivity contribution in [3.05, 3.63) is 69.9 Å². The standard InChI is InChI=1S/C16H10BrClN2O4S/c17-13-3-1-2-4-14(13)25(22,23)20-16(21)12-9-24-19-15(12)10-5-7-11(18)8-6-10/h1-9H,(H,20,21). The second-order valence-electron chi connectivity index (χ2n) is 4.95. The minimum absolute atomic E-state index is 0.00190. The lowest BCUT2D eigenvalue weighted by molar-refractivity contribution is 0.0981. The lowest BCUT2D eigenvalue weighted by Gasteiger charge is -2.08. The Morgan fingerprint density at radius 1 is 1.12 bits per heavy atom. The summed E-state index contributed by atoms with van der Waals surface area (Å²) in [6.07, 6.45) is 1.09. The van der Waals surface area contributed by atoms with E-state index in [1.807, 2.05) is 4.72 Å². The Labute approximate surface area is 157 Å². The smallest absolute Gasteiger partial charge is 0.270 e. The molecule has 1 N–H and O–H groups in total. The molecule has 0 saturated heterocycles. The average Bonchev–Trinajstić information content (AvgIpc) is 3.05. The van der Waals surface area contributed by atoms with Gasteiger partial charge in [-0.2, -0.15) is 0 Å². The van der Waals surface area contributed by atoms with E-state index in [1.165, 1.54) is 6.07 Å². The van der Waals surface area contributed by atoms with Gasteiger partial charge in [0.2, 0.25) is 0 Å². The molecular weight excluding hydrogens is 432 g/mol. The van der Waals surface area contributed by atoms with Crippen molar-refractivity contribution in [3.8, 4) is 11.3 Å². The van der Waals surface area contributed by atoms with Crippen molar-refractivity contribution in [3.63, 3.8) is 0 Å². The summed E-state index contributed by atoms with van der Waals surface area (Å²) in [7, 11) is -4.06. The number of benzene rings is 2. The molecule has 0 aliphatic carbocycles. The third kappa shape index (κ3) is 3.76. The molecule has 1 aromatic heterocycles. The highest BCUT2D eigenvalue weighted by Gasteiger charge is 2.24. The Morgan fingerprint density at radius 2 is 1.80 bits per heavy atom. The van der Waals surface area contributed by atoms with Gasteiger partial charge in [-0.05, 0) is 40.2 Å². The van der Waals surface area contributed by atoms with E-state index in [0.29, 0.717) is 15.1 Å². The van der Waals surface area contributed by atoms with Crippen molar-refractivity contribution in [2.75, 3.05) is 0 Å². The molecule has 0 aliphatic rings. The van der Waals surface area contributed by atoms with Crippen LogP contribution in [-0.2, 0) is 10.0 Å². The van der Waals surface area contributed by atoms with E-state index in [4.69, 9.17) is 16.1 Å². The third-order valence-electron chi connectivity index (χ3n) is 3.29. The molecule has 0 bridgehead atoms. The third-order valence-corrected chi connectivity index (χ3v) is 5.88. The highest BCUT2D eigenvalue weighted by atomic mass is 79.9. The second kappa shape index (κ2) is 6.99. The van der Waals surface area contributed by atoms with Crippen molar-refractivity contribution < 1.29 is 17.7 Å². The summed E-state index contributed by atoms with van der Waals surface area (Å²) in [6, 6.07) is 12.7. The molecule has 1 heterocycles. The topological polar surface area (TPSA) is 89.3 Å². The van der Waals surface area contributed by atoms with Crippen LogP contribution in [0, 0.1) is 0 Å². The number of carbonyl (C=O) groups excluding carboxylic acids is 1. The molecule has 9 heteroatoms. The summed E-state index contributed by atoms with van der Waals surface area (Å²) in [5.74, 6) is -0.845. The van der Waals surface area contributed by atoms with Crippen molar-refractivity contribution in [2.45, 2.75) is 4.90 Å². The Bertz CT molecular complexity index is 1030. The fourth-order valence-electron chi connectivity index (χ4n) is 2.11. The van der Waals surface area contributed by atoms with Crippen LogP contribution in [0.1, 0.15) is 10.4 Å². The van der Waals surface area contributed by atoms with E-state index < -0.39 is 15.9 Å². The van der Waals surface area contributed by atoms with Crippen LogP contribution in [0.3, 0.4) is 0 Å². The molecule has 0 atom stereocenters. The first-order valence-electron chi connectivity index (χ1n) is 6.90. The van der Waals surface area contributed by atoms with Crippen LogP contribution in [-0.4, -0.2) is 19.5 Å². The van der Waals surface area contributed by atoms with Crippen LogP contribution < -0.4 is 4.72 Å². The SMILES string of the molecule is O=C(NS(=O)(=O)c1ccccc1Br)c1conc1-c1ccc(Cl)cc1. The van der Waals surface area contributed by atoms with Gasteiger partial charge in [0.05, 0.1) is 0 Å². The van der Waals surface area contributed by atoms with Crippen molar-refractivity contribution in [2.24, 2.45) is 0 Å². The predicted octanol–water partition coefficient (Wildman–Crippen LogP) is 3.88. The van der Waals surface area contributed by atoms with E-state index in [2.05, 4.69) is 21.1 Å². The van der Waals surface area contributed by atoms with Crippen LogP contribution in [0.4, 0.5) is 0 Å². The maximum atomic E-state index is 12.4. The largest absolute Gasteiger partial charge is 0.363 e. The minimum Gasteiger partial charge on any atom is -0.363 e.